The lowest BCUT2D eigenvalue weighted by Gasteiger charge is -2.42. The van der Waals surface area contributed by atoms with E-state index in [4.69, 9.17) is 0 Å². The number of hydrogen-bond acceptors (Lipinski definition) is 0. The fraction of sp³-hybridized carbons (Fsp3) is 0.611. The fourth-order valence-corrected chi connectivity index (χ4v) is 3.05. The molecule has 0 radical (unpaired) electrons. The van der Waals surface area contributed by atoms with Crippen molar-refractivity contribution >= 4 is 0 Å². The molecule has 0 bridgehead atoms. The average Bonchev–Trinajstić information content (AvgIpc) is 2.39. The summed E-state index contributed by atoms with van der Waals surface area (Å²) in [6.07, 6.45) is 5.39. The topological polar surface area (TPSA) is 0 Å². The van der Waals surface area contributed by atoms with Gasteiger partial charge in [0.15, 0.2) is 0 Å². The molecule has 0 heterocycles. The van der Waals surface area contributed by atoms with E-state index in [2.05, 4.69) is 52.0 Å². The third kappa shape index (κ3) is 3.16. The second kappa shape index (κ2) is 5.91. The highest BCUT2D eigenvalue weighted by atomic mass is 14.3. The van der Waals surface area contributed by atoms with Crippen LogP contribution in [-0.2, 0) is 0 Å². The molecule has 1 aliphatic carbocycles. The molecule has 1 aliphatic rings. The first-order chi connectivity index (χ1) is 8.58. The molecule has 1 aromatic rings. The summed E-state index contributed by atoms with van der Waals surface area (Å²) < 4.78 is 0. The van der Waals surface area contributed by atoms with Gasteiger partial charge in [0, 0.05) is 0 Å². The van der Waals surface area contributed by atoms with Crippen molar-refractivity contribution in [2.24, 2.45) is 5.92 Å². The monoisotopic (exact) mass is 243 g/mol. The molecule has 100 valence electrons. The normalized spacial score (nSPS) is 18.8. The molecule has 0 heteroatoms. The summed E-state index contributed by atoms with van der Waals surface area (Å²) in [6, 6.07) is 9.37. The predicted molar refractivity (Wildman–Crippen MR) is 79.8 cm³/mol. The van der Waals surface area contributed by atoms with E-state index in [-0.39, 0.29) is 0 Å². The molecule has 0 nitrogen and oxygen atoms in total. The Morgan fingerprint density at radius 1 is 0.944 bits per heavy atom. The van der Waals surface area contributed by atoms with Gasteiger partial charge >= 0.3 is 0 Å². The summed E-state index contributed by atoms with van der Waals surface area (Å²) in [5, 5.41) is 0. The summed E-state index contributed by atoms with van der Waals surface area (Å²) in [7, 11) is 0. The van der Waals surface area contributed by atoms with Crippen molar-refractivity contribution in [1.82, 2.24) is 0 Å². The van der Waals surface area contributed by atoms with E-state index in [9.17, 15) is 0 Å². The molecule has 0 saturated heterocycles. The van der Waals surface area contributed by atoms with Crippen molar-refractivity contribution in [2.75, 3.05) is 0 Å². The molecular weight excluding hydrogens is 216 g/mol. The quantitative estimate of drug-likeness (QED) is 0.597. The van der Waals surface area contributed by atoms with Crippen molar-refractivity contribution in [3.63, 3.8) is 0 Å². The van der Waals surface area contributed by atoms with Gasteiger partial charge in [0.1, 0.15) is 0 Å². The second-order valence-electron chi connectivity index (χ2n) is 6.41. The maximum atomic E-state index is 2.36. The van der Waals surface area contributed by atoms with Gasteiger partial charge in [0.25, 0.3) is 0 Å². The molecule has 0 unspecified atom stereocenters. The van der Waals surface area contributed by atoms with Crippen molar-refractivity contribution < 1.29 is 0 Å². The zero-order valence-electron chi connectivity index (χ0n) is 12.4. The molecule has 0 atom stereocenters. The molecule has 1 fully saturated rings. The summed E-state index contributed by atoms with van der Waals surface area (Å²) >= 11 is 0. The second-order valence-corrected chi connectivity index (χ2v) is 6.41. The Labute approximate surface area is 113 Å². The van der Waals surface area contributed by atoms with Gasteiger partial charge in [-0.15, -0.1) is 0 Å². The fourth-order valence-electron chi connectivity index (χ4n) is 3.05. The van der Waals surface area contributed by atoms with Gasteiger partial charge in [-0.05, 0) is 23.0 Å². The van der Waals surface area contributed by atoms with Gasteiger partial charge in [0.2, 0.25) is 0 Å². The van der Waals surface area contributed by atoms with Crippen LogP contribution in [0.2, 0.25) is 0 Å². The van der Waals surface area contributed by atoms with Gasteiger partial charge in [-0.1, -0.05) is 64.8 Å². The third-order valence-electron chi connectivity index (χ3n) is 4.52. The summed E-state index contributed by atoms with van der Waals surface area (Å²) in [5.74, 6) is 4.01. The van der Waals surface area contributed by atoms with Crippen LogP contribution in [0.3, 0.4) is 0 Å². The first kappa shape index (κ1) is 13.6. The third-order valence-corrected chi connectivity index (χ3v) is 4.52. The van der Waals surface area contributed by atoms with Crippen LogP contribution < -0.4 is 0 Å². The van der Waals surface area contributed by atoms with E-state index in [0.717, 1.165) is 11.8 Å². The van der Waals surface area contributed by atoms with E-state index in [1.165, 1.54) is 31.2 Å². The standard InChI is InChI=1S/C18H27/c1-13(2)15-5-9-17(10-6-15)18-11-7-16(8-12-18)14(3)4/h5-6,9-10,13-14,18H,7-8,11-12H2,1-4H3/q-1. The van der Waals surface area contributed by atoms with Crippen LogP contribution in [0.15, 0.2) is 24.3 Å². The maximum absolute atomic E-state index is 2.36. The first-order valence-electron chi connectivity index (χ1n) is 7.52. The molecule has 0 aliphatic heterocycles. The number of hydrogen-bond donors (Lipinski definition) is 0. The predicted octanol–water partition coefficient (Wildman–Crippen LogP) is 5.70. The molecule has 0 spiro atoms. The molecule has 0 amide bonds. The van der Waals surface area contributed by atoms with Crippen LogP contribution in [0.4, 0.5) is 0 Å². The highest BCUT2D eigenvalue weighted by Crippen LogP contribution is 2.39. The molecule has 2 rings (SSSR count). The van der Waals surface area contributed by atoms with Gasteiger partial charge in [-0.2, -0.15) is 18.8 Å². The first-order valence-corrected chi connectivity index (χ1v) is 7.52. The minimum Gasteiger partial charge on any atom is -0.311 e. The SMILES string of the molecule is CC(C)c1ccc(C2CC[C-](C(C)C)CC2)cc1. The van der Waals surface area contributed by atoms with Gasteiger partial charge in [-0.3, -0.25) is 0 Å². The molecule has 18 heavy (non-hydrogen) atoms. The summed E-state index contributed by atoms with van der Waals surface area (Å²) in [4.78, 5) is 0. The van der Waals surface area contributed by atoms with Crippen molar-refractivity contribution in [3.8, 4) is 0 Å². The Bertz CT molecular complexity index is 350. The largest absolute Gasteiger partial charge is 0.311 e. The van der Waals surface area contributed by atoms with Gasteiger partial charge < -0.3 is 5.92 Å². The van der Waals surface area contributed by atoms with Crippen LogP contribution in [0, 0.1) is 11.8 Å². The van der Waals surface area contributed by atoms with E-state index in [0.29, 0.717) is 5.92 Å². The maximum Gasteiger partial charge on any atom is -0.0210 e. The Hall–Kier alpha value is -0.780. The Morgan fingerprint density at radius 3 is 1.94 bits per heavy atom. The van der Waals surface area contributed by atoms with Crippen LogP contribution in [0.25, 0.3) is 0 Å². The van der Waals surface area contributed by atoms with E-state index in [1.807, 2.05) is 0 Å². The van der Waals surface area contributed by atoms with Crippen LogP contribution in [-0.4, -0.2) is 0 Å². The average molecular weight is 243 g/mol. The number of benzene rings is 1. The number of rotatable bonds is 3. The molecule has 0 aromatic heterocycles. The minimum atomic E-state index is 0.645. The zero-order chi connectivity index (χ0) is 13.1. The van der Waals surface area contributed by atoms with Crippen molar-refractivity contribution in [3.05, 3.63) is 41.3 Å². The Kier molecular flexibility index (Phi) is 4.48. The summed E-state index contributed by atoms with van der Waals surface area (Å²) in [5.41, 5.74) is 3.02. The zero-order valence-corrected chi connectivity index (χ0v) is 12.4. The van der Waals surface area contributed by atoms with Crippen LogP contribution in [0.5, 0.6) is 0 Å². The molecule has 0 N–H and O–H groups in total. The van der Waals surface area contributed by atoms with Gasteiger partial charge in [-0.25, -0.2) is 0 Å². The summed E-state index contributed by atoms with van der Waals surface area (Å²) in [6.45, 7) is 9.21. The molecule has 1 saturated carbocycles. The highest BCUT2D eigenvalue weighted by molar-refractivity contribution is 5.28. The lowest BCUT2D eigenvalue weighted by Crippen LogP contribution is -2.15. The van der Waals surface area contributed by atoms with Crippen molar-refractivity contribution in [1.29, 1.82) is 0 Å². The van der Waals surface area contributed by atoms with Gasteiger partial charge in [0.05, 0.1) is 0 Å². The van der Waals surface area contributed by atoms with Crippen LogP contribution >= 0.6 is 0 Å². The smallest absolute Gasteiger partial charge is 0.0210 e. The van der Waals surface area contributed by atoms with E-state index in [1.54, 1.807) is 11.5 Å². The van der Waals surface area contributed by atoms with E-state index >= 15 is 0 Å². The molecular formula is C18H27-. The molecule has 1 aromatic carbocycles. The Balaban J connectivity index is 1.97. The Morgan fingerprint density at radius 2 is 1.50 bits per heavy atom. The van der Waals surface area contributed by atoms with Crippen LogP contribution in [0.1, 0.15) is 76.3 Å². The highest BCUT2D eigenvalue weighted by Gasteiger charge is 2.16. The lowest BCUT2D eigenvalue weighted by atomic mass is 9.74. The van der Waals surface area contributed by atoms with Crippen molar-refractivity contribution in [2.45, 2.75) is 65.2 Å². The van der Waals surface area contributed by atoms with E-state index < -0.39 is 0 Å². The lowest BCUT2D eigenvalue weighted by molar-refractivity contribution is 0.414. The minimum absolute atomic E-state index is 0.645.